The standard InChI is InChI=1S/C8H8F2N2O/c9-8(10)6-1-5(4-13)2-7(3-6)12-11/h1-4,8,12H,11H2. The number of benzene rings is 1. The highest BCUT2D eigenvalue weighted by molar-refractivity contribution is 5.77. The van der Waals surface area contributed by atoms with Crippen molar-refractivity contribution in [3.8, 4) is 0 Å². The van der Waals surface area contributed by atoms with Crippen LogP contribution in [0.25, 0.3) is 0 Å². The molecule has 0 aromatic heterocycles. The van der Waals surface area contributed by atoms with Gasteiger partial charge in [-0.15, -0.1) is 0 Å². The van der Waals surface area contributed by atoms with Gasteiger partial charge >= 0.3 is 0 Å². The number of carbonyl (C=O) groups is 1. The van der Waals surface area contributed by atoms with Crippen molar-refractivity contribution in [2.45, 2.75) is 6.43 Å². The highest BCUT2D eigenvalue weighted by Crippen LogP contribution is 2.22. The molecule has 70 valence electrons. The lowest BCUT2D eigenvalue weighted by atomic mass is 10.1. The normalized spacial score (nSPS) is 10.2. The molecule has 13 heavy (non-hydrogen) atoms. The number of nitrogen functional groups attached to an aromatic ring is 1. The van der Waals surface area contributed by atoms with Crippen LogP contribution in [0.5, 0.6) is 0 Å². The molecule has 0 aliphatic rings. The number of anilines is 1. The van der Waals surface area contributed by atoms with Crippen LogP contribution in [-0.2, 0) is 0 Å². The van der Waals surface area contributed by atoms with Crippen molar-refractivity contribution in [1.29, 1.82) is 0 Å². The summed E-state index contributed by atoms with van der Waals surface area (Å²) in [6, 6.07) is 3.70. The van der Waals surface area contributed by atoms with E-state index in [0.29, 0.717) is 12.0 Å². The van der Waals surface area contributed by atoms with Gasteiger partial charge in [-0.25, -0.2) is 8.78 Å². The van der Waals surface area contributed by atoms with Gasteiger partial charge in [0, 0.05) is 16.8 Å². The molecule has 3 nitrogen and oxygen atoms in total. The van der Waals surface area contributed by atoms with Crippen molar-refractivity contribution < 1.29 is 13.6 Å². The Balaban J connectivity index is 3.14. The third kappa shape index (κ3) is 2.22. The predicted octanol–water partition coefficient (Wildman–Crippen LogP) is 1.72. The average Bonchev–Trinajstić information content (AvgIpc) is 2.16. The van der Waals surface area contributed by atoms with E-state index in [4.69, 9.17) is 5.84 Å². The molecule has 0 heterocycles. The molecule has 0 radical (unpaired) electrons. The van der Waals surface area contributed by atoms with E-state index >= 15 is 0 Å². The second-order valence-electron chi connectivity index (χ2n) is 2.45. The molecule has 1 rings (SSSR count). The lowest BCUT2D eigenvalue weighted by Gasteiger charge is -2.04. The molecule has 5 heteroatoms. The number of carbonyl (C=O) groups excluding carboxylic acids is 1. The molecule has 0 aliphatic carbocycles. The summed E-state index contributed by atoms with van der Waals surface area (Å²) in [5.74, 6) is 5.03. The number of nitrogens with one attached hydrogen (secondary N) is 1. The highest BCUT2D eigenvalue weighted by Gasteiger charge is 2.08. The van der Waals surface area contributed by atoms with E-state index in [0.717, 1.165) is 6.07 Å². The van der Waals surface area contributed by atoms with Crippen LogP contribution >= 0.6 is 0 Å². The molecule has 0 fully saturated rings. The summed E-state index contributed by atoms with van der Waals surface area (Å²) in [6.45, 7) is 0. The summed E-state index contributed by atoms with van der Waals surface area (Å²) in [6.07, 6.45) is -2.11. The van der Waals surface area contributed by atoms with Crippen LogP contribution in [0.1, 0.15) is 22.3 Å². The fourth-order valence-electron chi connectivity index (χ4n) is 0.954. The lowest BCUT2D eigenvalue weighted by molar-refractivity contribution is 0.112. The Bertz CT molecular complexity index is 315. The van der Waals surface area contributed by atoms with E-state index in [9.17, 15) is 13.6 Å². The smallest absolute Gasteiger partial charge is 0.263 e. The van der Waals surface area contributed by atoms with Crippen LogP contribution < -0.4 is 11.3 Å². The van der Waals surface area contributed by atoms with Gasteiger partial charge in [-0.05, 0) is 18.2 Å². The number of hydrogen-bond acceptors (Lipinski definition) is 3. The first-order chi connectivity index (χ1) is 6.17. The van der Waals surface area contributed by atoms with Crippen molar-refractivity contribution in [1.82, 2.24) is 0 Å². The van der Waals surface area contributed by atoms with Crippen LogP contribution in [0.4, 0.5) is 14.5 Å². The molecule has 0 atom stereocenters. The first kappa shape index (κ1) is 9.60. The van der Waals surface area contributed by atoms with Crippen LogP contribution in [0.2, 0.25) is 0 Å². The molecule has 0 bridgehead atoms. The topological polar surface area (TPSA) is 55.1 Å². The third-order valence-corrected chi connectivity index (χ3v) is 1.53. The maximum atomic E-state index is 12.2. The minimum Gasteiger partial charge on any atom is -0.324 e. The van der Waals surface area contributed by atoms with Gasteiger partial charge in [-0.1, -0.05) is 0 Å². The lowest BCUT2D eigenvalue weighted by Crippen LogP contribution is -2.07. The van der Waals surface area contributed by atoms with Gasteiger partial charge < -0.3 is 5.43 Å². The molecule has 0 saturated heterocycles. The third-order valence-electron chi connectivity index (χ3n) is 1.53. The molecular weight excluding hydrogens is 178 g/mol. The Morgan fingerprint density at radius 1 is 1.38 bits per heavy atom. The van der Waals surface area contributed by atoms with E-state index in [1.807, 2.05) is 0 Å². The van der Waals surface area contributed by atoms with Gasteiger partial charge in [-0.3, -0.25) is 10.6 Å². The second-order valence-corrected chi connectivity index (χ2v) is 2.45. The Labute approximate surface area is 73.5 Å². The molecular formula is C8H8F2N2O. The predicted molar refractivity (Wildman–Crippen MR) is 44.6 cm³/mol. The van der Waals surface area contributed by atoms with E-state index in [2.05, 4.69) is 5.43 Å². The monoisotopic (exact) mass is 186 g/mol. The molecule has 0 amide bonds. The Morgan fingerprint density at radius 2 is 2.08 bits per heavy atom. The maximum absolute atomic E-state index is 12.2. The molecule has 0 spiro atoms. The van der Waals surface area contributed by atoms with E-state index < -0.39 is 6.43 Å². The number of hydrazine groups is 1. The van der Waals surface area contributed by atoms with Crippen molar-refractivity contribution in [3.05, 3.63) is 29.3 Å². The number of rotatable bonds is 3. The van der Waals surface area contributed by atoms with Crippen LogP contribution in [0.3, 0.4) is 0 Å². The van der Waals surface area contributed by atoms with Crippen molar-refractivity contribution in [2.24, 2.45) is 5.84 Å². The first-order valence-corrected chi connectivity index (χ1v) is 3.52. The molecule has 0 saturated carbocycles. The van der Waals surface area contributed by atoms with Gasteiger partial charge in [0.2, 0.25) is 0 Å². The maximum Gasteiger partial charge on any atom is 0.263 e. The van der Waals surface area contributed by atoms with Gasteiger partial charge in [-0.2, -0.15) is 0 Å². The summed E-state index contributed by atoms with van der Waals surface area (Å²) in [7, 11) is 0. The van der Waals surface area contributed by atoms with E-state index in [-0.39, 0.29) is 11.1 Å². The molecule has 1 aromatic carbocycles. The number of alkyl halides is 2. The van der Waals surface area contributed by atoms with Gasteiger partial charge in [0.1, 0.15) is 6.29 Å². The minimum atomic E-state index is -2.60. The Hall–Kier alpha value is -1.49. The van der Waals surface area contributed by atoms with Gasteiger partial charge in [0.05, 0.1) is 0 Å². The van der Waals surface area contributed by atoms with Gasteiger partial charge in [0.15, 0.2) is 0 Å². The van der Waals surface area contributed by atoms with E-state index in [1.165, 1.54) is 12.1 Å². The summed E-state index contributed by atoms with van der Waals surface area (Å²) in [4.78, 5) is 10.3. The average molecular weight is 186 g/mol. The molecule has 0 aliphatic heterocycles. The summed E-state index contributed by atoms with van der Waals surface area (Å²) in [5.41, 5.74) is 2.44. The SMILES string of the molecule is NNc1cc(C=O)cc(C(F)F)c1. The largest absolute Gasteiger partial charge is 0.324 e. The summed E-state index contributed by atoms with van der Waals surface area (Å²) >= 11 is 0. The number of hydrogen-bond donors (Lipinski definition) is 2. The van der Waals surface area contributed by atoms with Crippen molar-refractivity contribution >= 4 is 12.0 Å². The quantitative estimate of drug-likeness (QED) is 0.429. The summed E-state index contributed by atoms with van der Waals surface area (Å²) < 4.78 is 24.4. The fraction of sp³-hybridized carbons (Fsp3) is 0.125. The summed E-state index contributed by atoms with van der Waals surface area (Å²) in [5, 5.41) is 0. The van der Waals surface area contributed by atoms with Crippen LogP contribution in [0.15, 0.2) is 18.2 Å². The number of halogens is 2. The zero-order valence-electron chi connectivity index (χ0n) is 6.63. The van der Waals surface area contributed by atoms with E-state index in [1.54, 1.807) is 0 Å². The second kappa shape index (κ2) is 3.95. The Kier molecular flexibility index (Phi) is 2.92. The van der Waals surface area contributed by atoms with Crippen molar-refractivity contribution in [3.63, 3.8) is 0 Å². The number of aldehydes is 1. The Morgan fingerprint density at radius 3 is 2.54 bits per heavy atom. The first-order valence-electron chi connectivity index (χ1n) is 3.52. The molecule has 0 unspecified atom stereocenters. The van der Waals surface area contributed by atoms with Crippen LogP contribution in [-0.4, -0.2) is 6.29 Å². The molecule has 3 N–H and O–H groups in total. The molecule has 1 aromatic rings. The van der Waals surface area contributed by atoms with Crippen LogP contribution in [0, 0.1) is 0 Å². The zero-order valence-corrected chi connectivity index (χ0v) is 6.63. The fourth-order valence-corrected chi connectivity index (χ4v) is 0.954. The van der Waals surface area contributed by atoms with Gasteiger partial charge in [0.25, 0.3) is 6.43 Å². The highest BCUT2D eigenvalue weighted by atomic mass is 19.3. The number of nitrogens with two attached hydrogens (primary N) is 1. The zero-order chi connectivity index (χ0) is 9.84. The minimum absolute atomic E-state index is 0.172. The van der Waals surface area contributed by atoms with Crippen molar-refractivity contribution in [2.75, 3.05) is 5.43 Å².